The highest BCUT2D eigenvalue weighted by molar-refractivity contribution is 5.98. The van der Waals surface area contributed by atoms with Crippen molar-refractivity contribution in [1.82, 2.24) is 15.6 Å². The molecule has 0 fully saturated rings. The molecule has 0 aliphatic heterocycles. The van der Waals surface area contributed by atoms with Gasteiger partial charge in [0, 0.05) is 30.4 Å². The molecule has 27 heavy (non-hydrogen) atoms. The summed E-state index contributed by atoms with van der Waals surface area (Å²) < 4.78 is 5.12. The van der Waals surface area contributed by atoms with Crippen LogP contribution in [0.4, 0.5) is 0 Å². The van der Waals surface area contributed by atoms with Crippen LogP contribution in [0.1, 0.15) is 22.5 Å². The Bertz CT molecular complexity index is 883. The third kappa shape index (κ3) is 5.10. The van der Waals surface area contributed by atoms with Crippen LogP contribution in [0.25, 0.3) is 10.9 Å². The minimum atomic E-state index is -0.211. The third-order valence-corrected chi connectivity index (χ3v) is 4.31. The number of fused-ring (bicyclic) bond motifs is 1. The van der Waals surface area contributed by atoms with Gasteiger partial charge in [-0.2, -0.15) is 0 Å². The quantitative estimate of drug-likeness (QED) is 0.574. The lowest BCUT2D eigenvalue weighted by Gasteiger charge is -2.07. The summed E-state index contributed by atoms with van der Waals surface area (Å²) in [5.74, 6) is 0.520. The van der Waals surface area contributed by atoms with Crippen molar-refractivity contribution in [1.29, 1.82) is 0 Å². The van der Waals surface area contributed by atoms with E-state index in [2.05, 4.69) is 15.6 Å². The van der Waals surface area contributed by atoms with Crippen LogP contribution in [0.15, 0.2) is 54.6 Å². The van der Waals surface area contributed by atoms with Gasteiger partial charge in [0.2, 0.25) is 5.91 Å². The number of methoxy groups -OCH3 is 1. The number of aromatic amines is 1. The molecule has 1 heterocycles. The SMILES string of the molecule is COc1ccc(CCNC(=O)CCNC(=O)c2cc3ccccc3[nH]2)cc1. The summed E-state index contributed by atoms with van der Waals surface area (Å²) in [6.07, 6.45) is 0.992. The summed E-state index contributed by atoms with van der Waals surface area (Å²) in [4.78, 5) is 27.1. The van der Waals surface area contributed by atoms with Crippen molar-refractivity contribution in [2.24, 2.45) is 0 Å². The lowest BCUT2D eigenvalue weighted by Crippen LogP contribution is -2.31. The number of carbonyl (C=O) groups is 2. The normalized spacial score (nSPS) is 10.6. The van der Waals surface area contributed by atoms with E-state index in [1.807, 2.05) is 48.5 Å². The maximum atomic E-state index is 12.2. The van der Waals surface area contributed by atoms with Crippen molar-refractivity contribution in [3.63, 3.8) is 0 Å². The Morgan fingerprint density at radius 3 is 2.52 bits per heavy atom. The first-order valence-electron chi connectivity index (χ1n) is 8.91. The Kier molecular flexibility index (Phi) is 6.10. The van der Waals surface area contributed by atoms with Gasteiger partial charge >= 0.3 is 0 Å². The lowest BCUT2D eigenvalue weighted by molar-refractivity contribution is -0.120. The molecular weight excluding hydrogens is 342 g/mol. The van der Waals surface area contributed by atoms with Crippen LogP contribution in [-0.4, -0.2) is 37.0 Å². The van der Waals surface area contributed by atoms with E-state index in [9.17, 15) is 9.59 Å². The van der Waals surface area contributed by atoms with E-state index in [1.54, 1.807) is 13.2 Å². The van der Waals surface area contributed by atoms with Crippen LogP contribution in [0.5, 0.6) is 5.75 Å². The van der Waals surface area contributed by atoms with Gasteiger partial charge in [0.05, 0.1) is 7.11 Å². The van der Waals surface area contributed by atoms with Crippen LogP contribution in [0, 0.1) is 0 Å². The number of ether oxygens (including phenoxy) is 1. The summed E-state index contributed by atoms with van der Waals surface area (Å²) >= 11 is 0. The number of amides is 2. The van der Waals surface area contributed by atoms with Gasteiger partial charge in [-0.15, -0.1) is 0 Å². The van der Waals surface area contributed by atoms with Crippen molar-refractivity contribution >= 4 is 22.7 Å². The Balaban J connectivity index is 1.36. The van der Waals surface area contributed by atoms with Crippen molar-refractivity contribution in [2.45, 2.75) is 12.8 Å². The molecule has 6 nitrogen and oxygen atoms in total. The number of H-pyrrole nitrogens is 1. The van der Waals surface area contributed by atoms with Crippen molar-refractivity contribution in [3.8, 4) is 5.75 Å². The van der Waals surface area contributed by atoms with Gasteiger partial charge in [0.15, 0.2) is 0 Å². The van der Waals surface area contributed by atoms with Crippen LogP contribution in [-0.2, 0) is 11.2 Å². The van der Waals surface area contributed by atoms with E-state index >= 15 is 0 Å². The zero-order valence-electron chi connectivity index (χ0n) is 15.2. The van der Waals surface area contributed by atoms with Gasteiger partial charge < -0.3 is 20.4 Å². The average molecular weight is 365 g/mol. The van der Waals surface area contributed by atoms with Gasteiger partial charge in [0.1, 0.15) is 11.4 Å². The van der Waals surface area contributed by atoms with E-state index in [0.29, 0.717) is 18.8 Å². The molecule has 0 aliphatic rings. The molecule has 0 bridgehead atoms. The zero-order valence-corrected chi connectivity index (χ0v) is 15.2. The van der Waals surface area contributed by atoms with Gasteiger partial charge in [-0.1, -0.05) is 30.3 Å². The first-order valence-corrected chi connectivity index (χ1v) is 8.91. The van der Waals surface area contributed by atoms with Gasteiger partial charge in [-0.25, -0.2) is 0 Å². The molecule has 0 saturated heterocycles. The largest absolute Gasteiger partial charge is 0.497 e. The Hall–Kier alpha value is -3.28. The first kappa shape index (κ1) is 18.5. The molecule has 3 N–H and O–H groups in total. The van der Waals surface area contributed by atoms with E-state index in [0.717, 1.165) is 28.6 Å². The molecule has 0 unspecified atom stereocenters. The van der Waals surface area contributed by atoms with Crippen molar-refractivity contribution in [3.05, 3.63) is 65.9 Å². The number of hydrogen-bond acceptors (Lipinski definition) is 3. The van der Waals surface area contributed by atoms with Gasteiger partial charge in [-0.3, -0.25) is 9.59 Å². The number of hydrogen-bond donors (Lipinski definition) is 3. The molecule has 2 aromatic carbocycles. The second kappa shape index (κ2) is 8.89. The Labute approximate surface area is 157 Å². The minimum absolute atomic E-state index is 0.0829. The Morgan fingerprint density at radius 1 is 1.00 bits per heavy atom. The second-order valence-corrected chi connectivity index (χ2v) is 6.22. The molecule has 0 atom stereocenters. The van der Waals surface area contributed by atoms with Crippen LogP contribution < -0.4 is 15.4 Å². The lowest BCUT2D eigenvalue weighted by atomic mass is 10.1. The van der Waals surface area contributed by atoms with E-state index in [4.69, 9.17) is 4.74 Å². The summed E-state index contributed by atoms with van der Waals surface area (Å²) in [5, 5.41) is 6.62. The van der Waals surface area contributed by atoms with Crippen LogP contribution in [0.2, 0.25) is 0 Å². The third-order valence-electron chi connectivity index (χ3n) is 4.31. The maximum absolute atomic E-state index is 12.2. The molecule has 0 radical (unpaired) electrons. The van der Waals surface area contributed by atoms with Gasteiger partial charge in [-0.05, 0) is 36.2 Å². The number of benzene rings is 2. The number of rotatable bonds is 8. The highest BCUT2D eigenvalue weighted by Crippen LogP contribution is 2.14. The second-order valence-electron chi connectivity index (χ2n) is 6.22. The number of para-hydroxylation sites is 1. The zero-order chi connectivity index (χ0) is 19.1. The highest BCUT2D eigenvalue weighted by atomic mass is 16.5. The van der Waals surface area contributed by atoms with E-state index in [1.165, 1.54) is 0 Å². The molecule has 3 rings (SSSR count). The summed E-state index contributed by atoms with van der Waals surface area (Å²) in [6.45, 7) is 0.851. The monoisotopic (exact) mass is 365 g/mol. The summed E-state index contributed by atoms with van der Waals surface area (Å²) in [5.41, 5.74) is 2.54. The molecule has 140 valence electrons. The van der Waals surface area contributed by atoms with Crippen LogP contribution >= 0.6 is 0 Å². The molecule has 1 aromatic heterocycles. The standard InChI is InChI=1S/C21H23N3O3/c1-27-17-8-6-15(7-9-17)10-12-22-20(25)11-13-23-21(26)19-14-16-4-2-3-5-18(16)24-19/h2-9,14,24H,10-13H2,1H3,(H,22,25)(H,23,26). The average Bonchev–Trinajstić information content (AvgIpc) is 3.13. The molecule has 0 spiro atoms. The summed E-state index contributed by atoms with van der Waals surface area (Å²) in [7, 11) is 1.63. The fourth-order valence-corrected chi connectivity index (χ4v) is 2.81. The number of carbonyl (C=O) groups excluding carboxylic acids is 2. The number of nitrogens with one attached hydrogen (secondary N) is 3. The fraction of sp³-hybridized carbons (Fsp3) is 0.238. The van der Waals surface area contributed by atoms with Crippen molar-refractivity contribution in [2.75, 3.05) is 20.2 Å². The fourth-order valence-electron chi connectivity index (χ4n) is 2.81. The van der Waals surface area contributed by atoms with E-state index < -0.39 is 0 Å². The molecule has 0 aliphatic carbocycles. The maximum Gasteiger partial charge on any atom is 0.267 e. The number of aromatic nitrogens is 1. The molecule has 0 saturated carbocycles. The summed E-state index contributed by atoms with van der Waals surface area (Å²) in [6, 6.07) is 17.3. The molecular formula is C21H23N3O3. The first-order chi connectivity index (χ1) is 13.2. The predicted molar refractivity (Wildman–Crippen MR) is 105 cm³/mol. The van der Waals surface area contributed by atoms with E-state index in [-0.39, 0.29) is 18.2 Å². The molecule has 2 amide bonds. The predicted octanol–water partition coefficient (Wildman–Crippen LogP) is 2.66. The van der Waals surface area contributed by atoms with Crippen molar-refractivity contribution < 1.29 is 14.3 Å². The molecule has 3 aromatic rings. The van der Waals surface area contributed by atoms with Gasteiger partial charge in [0.25, 0.3) is 5.91 Å². The smallest absolute Gasteiger partial charge is 0.267 e. The van der Waals surface area contributed by atoms with Crippen LogP contribution in [0.3, 0.4) is 0 Å². The minimum Gasteiger partial charge on any atom is -0.497 e. The topological polar surface area (TPSA) is 83.2 Å². The highest BCUT2D eigenvalue weighted by Gasteiger charge is 2.09. The molecule has 6 heteroatoms. The Morgan fingerprint density at radius 2 is 1.78 bits per heavy atom.